The van der Waals surface area contributed by atoms with Crippen LogP contribution in [0.2, 0.25) is 0 Å². The van der Waals surface area contributed by atoms with E-state index in [4.69, 9.17) is 15.2 Å². The van der Waals surface area contributed by atoms with Crippen LogP contribution in [0.5, 0.6) is 0 Å². The lowest BCUT2D eigenvalue weighted by molar-refractivity contribution is -0.160. The number of hydrogen-bond donors (Lipinski definition) is 1. The number of hydrogen-bond acceptors (Lipinski definition) is 7. The SMILES string of the molecule is CN1C(C)(C)CC(OC(=O)CCCCCCCCC(=O)OC2CC(C)(C)N(C)C(C)(N)C2)CC1(C)C. The van der Waals surface area contributed by atoms with Gasteiger partial charge < -0.3 is 15.2 Å². The molecule has 0 radical (unpaired) electrons. The van der Waals surface area contributed by atoms with Gasteiger partial charge in [0.15, 0.2) is 0 Å². The first-order chi connectivity index (χ1) is 16.5. The highest BCUT2D eigenvalue weighted by Gasteiger charge is 2.45. The number of esters is 2. The molecule has 0 aliphatic carbocycles. The number of piperidine rings is 2. The van der Waals surface area contributed by atoms with E-state index < -0.39 is 5.66 Å². The van der Waals surface area contributed by atoms with E-state index in [2.05, 4.69) is 58.4 Å². The second-order valence-electron chi connectivity index (χ2n) is 13.6. The number of likely N-dealkylation sites (tertiary alicyclic amines) is 2. The zero-order valence-electron chi connectivity index (χ0n) is 24.7. The summed E-state index contributed by atoms with van der Waals surface area (Å²) in [5.74, 6) is -0.177. The fraction of sp³-hybridized carbons (Fsp3) is 0.931. The lowest BCUT2D eigenvalue weighted by Crippen LogP contribution is -2.66. The normalized spacial score (nSPS) is 28.6. The summed E-state index contributed by atoms with van der Waals surface area (Å²) in [5, 5.41) is 0. The van der Waals surface area contributed by atoms with Crippen LogP contribution in [0.25, 0.3) is 0 Å². The van der Waals surface area contributed by atoms with Crippen molar-refractivity contribution in [2.75, 3.05) is 14.1 Å². The van der Waals surface area contributed by atoms with Gasteiger partial charge in [-0.05, 0) is 75.4 Å². The van der Waals surface area contributed by atoms with Gasteiger partial charge in [0, 0.05) is 55.1 Å². The van der Waals surface area contributed by atoms with E-state index in [1.165, 1.54) is 0 Å². The van der Waals surface area contributed by atoms with Crippen molar-refractivity contribution in [2.24, 2.45) is 5.73 Å². The lowest BCUT2D eigenvalue weighted by Gasteiger charge is -2.53. The Kier molecular flexibility index (Phi) is 10.5. The van der Waals surface area contributed by atoms with Crippen molar-refractivity contribution >= 4 is 11.9 Å². The summed E-state index contributed by atoms with van der Waals surface area (Å²) in [7, 11) is 4.20. The molecule has 2 aliphatic heterocycles. The van der Waals surface area contributed by atoms with Gasteiger partial charge in [0.1, 0.15) is 12.2 Å². The van der Waals surface area contributed by atoms with Crippen molar-refractivity contribution in [3.05, 3.63) is 0 Å². The van der Waals surface area contributed by atoms with Crippen LogP contribution in [-0.2, 0) is 19.1 Å². The maximum absolute atomic E-state index is 12.4. The Balaban J connectivity index is 1.54. The molecule has 7 nitrogen and oxygen atoms in total. The zero-order chi connectivity index (χ0) is 27.4. The Labute approximate surface area is 220 Å². The summed E-state index contributed by atoms with van der Waals surface area (Å²) in [6, 6.07) is 0. The summed E-state index contributed by atoms with van der Waals surface area (Å²) in [5.41, 5.74) is 5.91. The number of unbranched alkanes of at least 4 members (excludes halogenated alkanes) is 5. The maximum atomic E-state index is 12.4. The van der Waals surface area contributed by atoms with Crippen molar-refractivity contribution in [3.8, 4) is 0 Å². The number of rotatable bonds is 11. The van der Waals surface area contributed by atoms with Crippen molar-refractivity contribution < 1.29 is 19.1 Å². The van der Waals surface area contributed by atoms with Gasteiger partial charge in [-0.2, -0.15) is 0 Å². The molecule has 2 atom stereocenters. The molecule has 0 aromatic carbocycles. The van der Waals surface area contributed by atoms with Gasteiger partial charge in [-0.3, -0.25) is 19.4 Å². The molecular weight excluding hydrogens is 454 g/mol. The molecular formula is C29H55N3O4. The summed E-state index contributed by atoms with van der Waals surface area (Å²) < 4.78 is 11.6. The second-order valence-corrected chi connectivity index (χ2v) is 13.6. The third kappa shape index (κ3) is 8.70. The smallest absolute Gasteiger partial charge is 0.306 e. The van der Waals surface area contributed by atoms with Crippen molar-refractivity contribution in [2.45, 2.75) is 160 Å². The van der Waals surface area contributed by atoms with Crippen LogP contribution < -0.4 is 5.73 Å². The van der Waals surface area contributed by atoms with E-state index in [1.54, 1.807) is 0 Å². The molecule has 0 aromatic rings. The first-order valence-electron chi connectivity index (χ1n) is 14.1. The fourth-order valence-corrected chi connectivity index (χ4v) is 6.24. The average Bonchev–Trinajstić information content (AvgIpc) is 2.71. The number of carbonyl (C=O) groups excluding carboxylic acids is 2. The number of carbonyl (C=O) groups is 2. The average molecular weight is 510 g/mol. The van der Waals surface area contributed by atoms with Crippen LogP contribution in [0.1, 0.15) is 126 Å². The van der Waals surface area contributed by atoms with E-state index in [9.17, 15) is 9.59 Å². The minimum absolute atomic E-state index is 0.00218. The van der Waals surface area contributed by atoms with Crippen LogP contribution in [0.4, 0.5) is 0 Å². The molecule has 2 rings (SSSR count). The lowest BCUT2D eigenvalue weighted by atomic mass is 9.79. The predicted molar refractivity (Wildman–Crippen MR) is 146 cm³/mol. The molecule has 2 saturated heterocycles. The highest BCUT2D eigenvalue weighted by atomic mass is 16.5. The van der Waals surface area contributed by atoms with E-state index in [-0.39, 0.29) is 40.8 Å². The molecule has 0 spiro atoms. The van der Waals surface area contributed by atoms with Gasteiger partial charge in [0.25, 0.3) is 0 Å². The Morgan fingerprint density at radius 3 is 1.36 bits per heavy atom. The molecule has 36 heavy (non-hydrogen) atoms. The first-order valence-corrected chi connectivity index (χ1v) is 14.1. The molecule has 0 saturated carbocycles. The van der Waals surface area contributed by atoms with E-state index >= 15 is 0 Å². The minimum atomic E-state index is -0.473. The zero-order valence-corrected chi connectivity index (χ0v) is 24.7. The summed E-state index contributed by atoms with van der Waals surface area (Å²) in [4.78, 5) is 29.3. The van der Waals surface area contributed by atoms with Gasteiger partial charge in [-0.25, -0.2) is 0 Å². The highest BCUT2D eigenvalue weighted by Crippen LogP contribution is 2.38. The fourth-order valence-electron chi connectivity index (χ4n) is 6.24. The molecule has 2 heterocycles. The largest absolute Gasteiger partial charge is 0.462 e. The molecule has 2 unspecified atom stereocenters. The topological polar surface area (TPSA) is 85.1 Å². The van der Waals surface area contributed by atoms with Crippen LogP contribution in [0.15, 0.2) is 0 Å². The van der Waals surface area contributed by atoms with Crippen LogP contribution in [0.3, 0.4) is 0 Å². The van der Waals surface area contributed by atoms with Gasteiger partial charge in [0.05, 0.1) is 5.66 Å². The molecule has 2 aliphatic rings. The maximum Gasteiger partial charge on any atom is 0.306 e. The van der Waals surface area contributed by atoms with Crippen molar-refractivity contribution in [1.29, 1.82) is 0 Å². The molecule has 7 heteroatoms. The van der Waals surface area contributed by atoms with Gasteiger partial charge in [-0.1, -0.05) is 25.7 Å². The van der Waals surface area contributed by atoms with E-state index in [1.807, 2.05) is 14.0 Å². The Morgan fingerprint density at radius 1 is 0.639 bits per heavy atom. The Hall–Kier alpha value is -1.18. The van der Waals surface area contributed by atoms with Gasteiger partial charge in [0.2, 0.25) is 0 Å². The summed E-state index contributed by atoms with van der Waals surface area (Å²) in [6.07, 6.45) is 9.93. The minimum Gasteiger partial charge on any atom is -0.462 e. The molecule has 2 fully saturated rings. The third-order valence-corrected chi connectivity index (χ3v) is 8.92. The Bertz CT molecular complexity index is 649. The third-order valence-electron chi connectivity index (χ3n) is 8.92. The molecule has 210 valence electrons. The standard InChI is InChI=1S/C29H55N3O4/c1-26(2)18-22(19-27(3,4)31(26)8)35-24(33)16-14-12-10-11-13-15-17-25(34)36-23-20-28(5,6)32(9)29(7,30)21-23/h22-23H,10-21,30H2,1-9H3. The number of nitrogens with zero attached hydrogens (tertiary/aromatic N) is 2. The van der Waals surface area contributed by atoms with E-state index in [0.29, 0.717) is 19.3 Å². The van der Waals surface area contributed by atoms with E-state index in [0.717, 1.165) is 57.8 Å². The monoisotopic (exact) mass is 509 g/mol. The molecule has 0 amide bonds. The second kappa shape index (κ2) is 12.1. The quantitative estimate of drug-likeness (QED) is 0.295. The van der Waals surface area contributed by atoms with Gasteiger partial charge >= 0.3 is 11.9 Å². The predicted octanol–water partition coefficient (Wildman–Crippen LogP) is 5.39. The van der Waals surface area contributed by atoms with Gasteiger partial charge in [-0.15, -0.1) is 0 Å². The van der Waals surface area contributed by atoms with Crippen LogP contribution in [0, 0.1) is 0 Å². The summed E-state index contributed by atoms with van der Waals surface area (Å²) in [6.45, 7) is 15.2. The molecule has 2 N–H and O–H groups in total. The number of ether oxygens (including phenoxy) is 2. The Morgan fingerprint density at radius 2 is 0.972 bits per heavy atom. The first kappa shape index (κ1) is 31.0. The summed E-state index contributed by atoms with van der Waals surface area (Å²) >= 11 is 0. The molecule has 0 bridgehead atoms. The van der Waals surface area contributed by atoms with Crippen molar-refractivity contribution in [3.63, 3.8) is 0 Å². The van der Waals surface area contributed by atoms with Crippen molar-refractivity contribution in [1.82, 2.24) is 9.80 Å². The van der Waals surface area contributed by atoms with Crippen LogP contribution in [-0.4, -0.2) is 70.3 Å². The molecule has 0 aromatic heterocycles. The highest BCUT2D eigenvalue weighted by molar-refractivity contribution is 5.69. The van der Waals surface area contributed by atoms with Crippen LogP contribution >= 0.6 is 0 Å². The number of nitrogens with two attached hydrogens (primary N) is 1.